The van der Waals surface area contributed by atoms with Gasteiger partial charge in [0.15, 0.2) is 0 Å². The summed E-state index contributed by atoms with van der Waals surface area (Å²) in [7, 11) is -3.70. The molecule has 4 aromatic rings. The van der Waals surface area contributed by atoms with Gasteiger partial charge in [0.1, 0.15) is 4.88 Å². The molecule has 0 bridgehead atoms. The molecule has 4 rings (SSSR count). The van der Waals surface area contributed by atoms with Gasteiger partial charge in [0.25, 0.3) is 0 Å². The molecule has 0 radical (unpaired) electrons. The highest BCUT2D eigenvalue weighted by Crippen LogP contribution is 2.50. The average molecular weight is 512 g/mol. The third-order valence-electron chi connectivity index (χ3n) is 5.25. The number of rotatable bonds is 8. The van der Waals surface area contributed by atoms with Gasteiger partial charge in [-0.3, -0.25) is 4.57 Å². The number of aryl methyl sites for hydroxylation is 2. The molecule has 0 aliphatic heterocycles. The molecule has 1 aromatic heterocycles. The van der Waals surface area contributed by atoms with E-state index in [4.69, 9.17) is 16.1 Å². The maximum absolute atomic E-state index is 14.3. The summed E-state index contributed by atoms with van der Waals surface area (Å²) in [4.78, 5) is 12.8. The van der Waals surface area contributed by atoms with Crippen LogP contribution < -0.4 is 10.4 Å². The van der Waals surface area contributed by atoms with E-state index in [1.54, 1.807) is 24.3 Å². The first-order valence-electron chi connectivity index (χ1n) is 10.5. The van der Waals surface area contributed by atoms with Gasteiger partial charge < -0.3 is 14.7 Å². The Hall–Kier alpha value is -2.89. The van der Waals surface area contributed by atoms with Crippen LogP contribution in [0, 0.1) is 13.8 Å². The number of benzene rings is 3. The second-order valence-corrected chi connectivity index (χ2v) is 11.4. The lowest BCUT2D eigenvalue weighted by Crippen LogP contribution is -2.18. The van der Waals surface area contributed by atoms with E-state index in [1.807, 2.05) is 68.4 Å². The highest BCUT2D eigenvalue weighted by molar-refractivity contribution is 7.68. The quantitative estimate of drug-likeness (QED) is 0.239. The number of halogens is 1. The molecule has 1 heterocycles. The van der Waals surface area contributed by atoms with Crippen molar-refractivity contribution in [2.75, 3.05) is 5.09 Å². The van der Waals surface area contributed by atoms with Crippen LogP contribution in [0.3, 0.4) is 0 Å². The van der Waals surface area contributed by atoms with Crippen LogP contribution in [-0.2, 0) is 15.7 Å². The minimum atomic E-state index is -3.70. The second-order valence-electron chi connectivity index (χ2n) is 7.88. The molecule has 0 aliphatic carbocycles. The Morgan fingerprint density at radius 3 is 2.38 bits per heavy atom. The van der Waals surface area contributed by atoms with Crippen molar-refractivity contribution < 1.29 is 19.0 Å². The molecule has 0 spiro atoms. The first-order chi connectivity index (χ1) is 16.2. The van der Waals surface area contributed by atoms with Gasteiger partial charge >= 0.3 is 13.5 Å². The van der Waals surface area contributed by atoms with Gasteiger partial charge in [-0.2, -0.15) is 0 Å². The smallest absolute Gasteiger partial charge is 0.348 e. The average Bonchev–Trinajstić information content (AvgIpc) is 3.22. The van der Waals surface area contributed by atoms with Gasteiger partial charge in [0.05, 0.1) is 17.6 Å². The first-order valence-corrected chi connectivity index (χ1v) is 13.3. The number of aromatic carboxylic acids is 1. The van der Waals surface area contributed by atoms with Gasteiger partial charge in [0, 0.05) is 9.90 Å². The van der Waals surface area contributed by atoms with Crippen LogP contribution in [0.5, 0.6) is 0 Å². The zero-order valence-electron chi connectivity index (χ0n) is 18.6. The van der Waals surface area contributed by atoms with Gasteiger partial charge in [0.2, 0.25) is 0 Å². The summed E-state index contributed by atoms with van der Waals surface area (Å²) >= 11 is 7.10. The van der Waals surface area contributed by atoms with Crippen LogP contribution in [0.4, 0.5) is 5.69 Å². The fourth-order valence-corrected chi connectivity index (χ4v) is 6.69. The van der Waals surface area contributed by atoms with Crippen molar-refractivity contribution >= 4 is 47.4 Å². The number of carboxylic acid groups (broad SMARTS) is 1. The number of nitrogens with one attached hydrogen (secondary N) is 1. The molecule has 1 atom stereocenters. The zero-order valence-corrected chi connectivity index (χ0v) is 21.1. The van der Waals surface area contributed by atoms with E-state index < -0.39 is 13.5 Å². The normalized spacial score (nSPS) is 12.8. The number of hydrogen-bond donors (Lipinski definition) is 2. The van der Waals surface area contributed by atoms with Crippen LogP contribution in [0.15, 0.2) is 78.9 Å². The SMILES string of the molecule is Cc1ccc(P(=O)(Nc2cc(-c3ccc(Cl)cc3)sc2C(=O)O)OCc2ccccc2)c(C)c1. The van der Waals surface area contributed by atoms with E-state index in [-0.39, 0.29) is 17.2 Å². The monoisotopic (exact) mass is 511 g/mol. The molecular weight excluding hydrogens is 489 g/mol. The van der Waals surface area contributed by atoms with E-state index in [1.165, 1.54) is 0 Å². The lowest BCUT2D eigenvalue weighted by molar-refractivity contribution is 0.0703. The van der Waals surface area contributed by atoms with Gasteiger partial charge in [-0.15, -0.1) is 11.3 Å². The van der Waals surface area contributed by atoms with Crippen LogP contribution in [0.2, 0.25) is 5.02 Å². The Labute approximate surface area is 207 Å². The molecule has 0 fully saturated rings. The third-order valence-corrected chi connectivity index (χ3v) is 8.84. The van der Waals surface area contributed by atoms with Crippen LogP contribution in [-0.4, -0.2) is 11.1 Å². The summed E-state index contributed by atoms with van der Waals surface area (Å²) in [6.07, 6.45) is 0. The lowest BCUT2D eigenvalue weighted by Gasteiger charge is -2.22. The third kappa shape index (κ3) is 5.43. The predicted molar refractivity (Wildman–Crippen MR) is 140 cm³/mol. The number of hydrogen-bond acceptors (Lipinski definition) is 4. The molecule has 174 valence electrons. The Morgan fingerprint density at radius 1 is 1.03 bits per heavy atom. The topological polar surface area (TPSA) is 75.6 Å². The minimum Gasteiger partial charge on any atom is -0.477 e. The summed E-state index contributed by atoms with van der Waals surface area (Å²) in [5.41, 5.74) is 3.76. The largest absolute Gasteiger partial charge is 0.477 e. The molecule has 3 aromatic carbocycles. The Kier molecular flexibility index (Phi) is 7.24. The Balaban J connectivity index is 1.75. The number of carbonyl (C=O) groups is 1. The number of anilines is 1. The van der Waals surface area contributed by atoms with E-state index >= 15 is 0 Å². The Morgan fingerprint density at radius 2 is 1.74 bits per heavy atom. The maximum Gasteiger partial charge on any atom is 0.348 e. The van der Waals surface area contributed by atoms with Gasteiger partial charge in [-0.1, -0.05) is 71.8 Å². The van der Waals surface area contributed by atoms with Crippen molar-refractivity contribution in [3.8, 4) is 10.4 Å². The van der Waals surface area contributed by atoms with E-state index in [2.05, 4.69) is 5.09 Å². The van der Waals surface area contributed by atoms with Gasteiger partial charge in [-0.25, -0.2) is 4.79 Å². The fraction of sp³-hybridized carbons (Fsp3) is 0.115. The zero-order chi connectivity index (χ0) is 24.3. The summed E-state index contributed by atoms with van der Waals surface area (Å²) in [6.45, 7) is 3.93. The molecule has 1 unspecified atom stereocenters. The van der Waals surface area contributed by atoms with Crippen LogP contribution in [0.25, 0.3) is 10.4 Å². The summed E-state index contributed by atoms with van der Waals surface area (Å²) in [6, 6.07) is 23.8. The molecule has 0 saturated carbocycles. The van der Waals surface area contributed by atoms with Crippen molar-refractivity contribution in [2.24, 2.45) is 0 Å². The second kappa shape index (κ2) is 10.2. The summed E-state index contributed by atoms with van der Waals surface area (Å²) < 4.78 is 20.3. The minimum absolute atomic E-state index is 0.0539. The van der Waals surface area contributed by atoms with Gasteiger partial charge in [-0.05, 0) is 54.8 Å². The number of thiophene rings is 1. The first kappa shape index (κ1) is 24.2. The summed E-state index contributed by atoms with van der Waals surface area (Å²) in [5.74, 6) is -1.11. The molecule has 0 saturated heterocycles. The molecular formula is C26H23ClNO4PS. The van der Waals surface area contributed by atoms with Crippen molar-refractivity contribution in [3.05, 3.63) is 105 Å². The maximum atomic E-state index is 14.3. The van der Waals surface area contributed by atoms with Crippen LogP contribution in [0.1, 0.15) is 26.4 Å². The van der Waals surface area contributed by atoms with Crippen LogP contribution >= 0.6 is 30.5 Å². The Bertz CT molecular complexity index is 1370. The molecule has 8 heteroatoms. The standard InChI is InChI=1S/C26H23ClNO4PS/c1-17-8-13-23(18(2)14-17)33(31,32-16-19-6-4-3-5-7-19)28-22-15-24(34-25(22)26(29)30)20-9-11-21(27)12-10-20/h3-15H,16H2,1-2H3,(H,28,31)(H,29,30). The van der Waals surface area contributed by atoms with Crippen molar-refractivity contribution in [2.45, 2.75) is 20.5 Å². The van der Waals surface area contributed by atoms with E-state index in [0.717, 1.165) is 33.6 Å². The predicted octanol–water partition coefficient (Wildman–Crippen LogP) is 7.53. The van der Waals surface area contributed by atoms with Crippen molar-refractivity contribution in [1.29, 1.82) is 0 Å². The highest BCUT2D eigenvalue weighted by atomic mass is 35.5. The molecule has 2 N–H and O–H groups in total. The highest BCUT2D eigenvalue weighted by Gasteiger charge is 2.31. The van der Waals surface area contributed by atoms with E-state index in [0.29, 0.717) is 15.2 Å². The molecule has 34 heavy (non-hydrogen) atoms. The van der Waals surface area contributed by atoms with Crippen molar-refractivity contribution in [3.63, 3.8) is 0 Å². The number of carboxylic acids is 1. The molecule has 0 amide bonds. The van der Waals surface area contributed by atoms with E-state index in [9.17, 15) is 14.5 Å². The lowest BCUT2D eigenvalue weighted by atomic mass is 10.2. The molecule has 5 nitrogen and oxygen atoms in total. The fourth-order valence-electron chi connectivity index (χ4n) is 3.59. The van der Waals surface area contributed by atoms with Crippen molar-refractivity contribution in [1.82, 2.24) is 0 Å². The molecule has 0 aliphatic rings. The summed E-state index contributed by atoms with van der Waals surface area (Å²) in [5, 5.41) is 13.9.